The first-order valence-corrected chi connectivity index (χ1v) is 11.6. The third-order valence-corrected chi connectivity index (χ3v) is 9.08. The van der Waals surface area contributed by atoms with E-state index in [1.54, 1.807) is 18.6 Å². The summed E-state index contributed by atoms with van der Waals surface area (Å²) in [6.45, 7) is 12.2. The second-order valence-corrected chi connectivity index (χ2v) is 10.6. The number of aliphatic hydroxyl groups is 1. The van der Waals surface area contributed by atoms with Crippen LogP contribution >= 0.6 is 0 Å². The number of hydrogen-bond donors (Lipinski definition) is 1. The molecule has 29 heavy (non-hydrogen) atoms. The molecule has 0 aliphatic heterocycles. The minimum absolute atomic E-state index is 0.152. The third-order valence-electron chi connectivity index (χ3n) is 9.08. The number of ether oxygens (including phenoxy) is 1. The van der Waals surface area contributed by atoms with Crippen molar-refractivity contribution >= 4 is 0 Å². The zero-order chi connectivity index (χ0) is 20.6. The van der Waals surface area contributed by atoms with Gasteiger partial charge in [0.1, 0.15) is 0 Å². The molecule has 0 radical (unpaired) electrons. The molecule has 3 fully saturated rings. The van der Waals surface area contributed by atoms with Gasteiger partial charge in [-0.2, -0.15) is 0 Å². The van der Waals surface area contributed by atoms with Crippen LogP contribution in [0.4, 0.5) is 0 Å². The van der Waals surface area contributed by atoms with Gasteiger partial charge in [0.15, 0.2) is 0 Å². The molecular formula is C25H38N2O2. The van der Waals surface area contributed by atoms with E-state index in [9.17, 15) is 5.11 Å². The largest absolute Gasteiger partial charge is 0.477 e. The molecule has 4 heteroatoms. The lowest BCUT2D eigenvalue weighted by Crippen LogP contribution is -2.52. The van der Waals surface area contributed by atoms with E-state index in [1.165, 1.54) is 31.3 Å². The van der Waals surface area contributed by atoms with E-state index in [2.05, 4.69) is 37.3 Å². The number of nitrogens with zero attached hydrogens (tertiary/aromatic N) is 2. The van der Waals surface area contributed by atoms with E-state index < -0.39 is 0 Å². The van der Waals surface area contributed by atoms with Crippen LogP contribution in [0.2, 0.25) is 0 Å². The van der Waals surface area contributed by atoms with Crippen LogP contribution in [0.1, 0.15) is 72.1 Å². The molecule has 1 N–H and O–H groups in total. The van der Waals surface area contributed by atoms with Gasteiger partial charge < -0.3 is 9.84 Å². The molecule has 0 spiro atoms. The van der Waals surface area contributed by atoms with Crippen LogP contribution < -0.4 is 4.74 Å². The molecule has 160 valence electrons. The predicted octanol–water partition coefficient (Wildman–Crippen LogP) is 5.43. The molecular weight excluding hydrogens is 360 g/mol. The van der Waals surface area contributed by atoms with Gasteiger partial charge in [0.25, 0.3) is 0 Å². The normalized spacial score (nSPS) is 42.5. The molecule has 0 saturated heterocycles. The zero-order valence-corrected chi connectivity index (χ0v) is 18.4. The molecule has 1 heterocycles. The Hall–Kier alpha value is -1.42. The molecule has 1 aromatic heterocycles. The molecule has 4 rings (SSSR count). The Kier molecular flexibility index (Phi) is 5.76. The number of hydrogen-bond acceptors (Lipinski definition) is 4. The second-order valence-electron chi connectivity index (χ2n) is 10.6. The number of allylic oxidation sites excluding steroid dienone is 1. The second kappa shape index (κ2) is 8.02. The molecule has 1 aromatic rings. The Labute approximate surface area is 176 Å². The average molecular weight is 399 g/mol. The van der Waals surface area contributed by atoms with Crippen LogP contribution in [-0.2, 0) is 0 Å². The number of rotatable bonds is 5. The number of fused-ring (bicyclic) bond motifs is 1. The first kappa shape index (κ1) is 20.8. The average Bonchev–Trinajstić information content (AvgIpc) is 3.01. The van der Waals surface area contributed by atoms with E-state index >= 15 is 0 Å². The summed E-state index contributed by atoms with van der Waals surface area (Å²) in [7, 11) is 0. The quantitative estimate of drug-likeness (QED) is 0.672. The predicted molar refractivity (Wildman–Crippen MR) is 115 cm³/mol. The molecule has 0 amide bonds. The number of aliphatic hydroxyl groups excluding tert-OH is 1. The minimum Gasteiger partial charge on any atom is -0.477 e. The lowest BCUT2D eigenvalue weighted by molar-refractivity contribution is -0.113. The Morgan fingerprint density at radius 2 is 2.00 bits per heavy atom. The van der Waals surface area contributed by atoms with Crippen molar-refractivity contribution in [1.29, 1.82) is 0 Å². The maximum atomic E-state index is 11.5. The molecule has 3 saturated carbocycles. The van der Waals surface area contributed by atoms with E-state index in [0.29, 0.717) is 30.2 Å². The van der Waals surface area contributed by atoms with Gasteiger partial charge in [0.05, 0.1) is 18.9 Å². The van der Waals surface area contributed by atoms with Crippen molar-refractivity contribution in [1.82, 2.24) is 9.97 Å². The summed E-state index contributed by atoms with van der Waals surface area (Å²) in [4.78, 5) is 8.32. The lowest BCUT2D eigenvalue weighted by Gasteiger charge is -2.55. The highest BCUT2D eigenvalue weighted by atomic mass is 16.5. The first-order chi connectivity index (χ1) is 13.8. The molecule has 7 atom stereocenters. The molecule has 0 unspecified atom stereocenters. The van der Waals surface area contributed by atoms with Crippen LogP contribution in [0.5, 0.6) is 5.88 Å². The van der Waals surface area contributed by atoms with Gasteiger partial charge in [-0.25, -0.2) is 4.98 Å². The first-order valence-electron chi connectivity index (χ1n) is 11.6. The van der Waals surface area contributed by atoms with E-state index in [1.807, 2.05) is 0 Å². The fraction of sp³-hybridized carbons (Fsp3) is 0.760. The maximum Gasteiger partial charge on any atom is 0.232 e. The summed E-state index contributed by atoms with van der Waals surface area (Å²) in [5.74, 6) is 2.72. The van der Waals surface area contributed by atoms with Crippen molar-refractivity contribution in [3.63, 3.8) is 0 Å². The van der Waals surface area contributed by atoms with Gasteiger partial charge in [-0.3, -0.25) is 4.98 Å². The Bertz CT molecular complexity index is 723. The van der Waals surface area contributed by atoms with Crippen LogP contribution in [-0.4, -0.2) is 27.8 Å². The van der Waals surface area contributed by atoms with Crippen molar-refractivity contribution in [3.8, 4) is 5.88 Å². The highest BCUT2D eigenvalue weighted by molar-refractivity contribution is 5.21. The highest BCUT2D eigenvalue weighted by Gasteiger charge is 2.56. The summed E-state index contributed by atoms with van der Waals surface area (Å²) < 4.78 is 5.90. The molecule has 0 bridgehead atoms. The molecule has 3 aliphatic carbocycles. The van der Waals surface area contributed by atoms with Crippen LogP contribution in [0, 0.1) is 34.5 Å². The van der Waals surface area contributed by atoms with E-state index in [0.717, 1.165) is 31.6 Å². The fourth-order valence-corrected chi connectivity index (χ4v) is 6.97. The third kappa shape index (κ3) is 3.73. The molecule has 0 aromatic carbocycles. The smallest absolute Gasteiger partial charge is 0.232 e. The zero-order valence-electron chi connectivity index (χ0n) is 18.4. The molecule has 4 nitrogen and oxygen atoms in total. The van der Waals surface area contributed by atoms with Gasteiger partial charge in [-0.05, 0) is 79.4 Å². The maximum absolute atomic E-state index is 11.5. The Balaban J connectivity index is 1.48. The van der Waals surface area contributed by atoms with Crippen LogP contribution in [0.3, 0.4) is 0 Å². The Morgan fingerprint density at radius 3 is 2.76 bits per heavy atom. The summed E-state index contributed by atoms with van der Waals surface area (Å²) in [6.07, 6.45) is 14.1. The summed E-state index contributed by atoms with van der Waals surface area (Å²) in [6, 6.07) is 0. The topological polar surface area (TPSA) is 55.2 Å². The van der Waals surface area contributed by atoms with E-state index in [4.69, 9.17) is 4.74 Å². The van der Waals surface area contributed by atoms with Gasteiger partial charge in [-0.1, -0.05) is 39.3 Å². The summed E-state index contributed by atoms with van der Waals surface area (Å²) in [5, 5.41) is 11.5. The summed E-state index contributed by atoms with van der Waals surface area (Å²) >= 11 is 0. The Morgan fingerprint density at radius 1 is 1.17 bits per heavy atom. The van der Waals surface area contributed by atoms with Gasteiger partial charge >= 0.3 is 0 Å². The van der Waals surface area contributed by atoms with Gasteiger partial charge in [-0.15, -0.1) is 0 Å². The van der Waals surface area contributed by atoms with E-state index in [-0.39, 0.29) is 16.9 Å². The van der Waals surface area contributed by atoms with Crippen molar-refractivity contribution in [2.45, 2.75) is 78.2 Å². The van der Waals surface area contributed by atoms with Crippen molar-refractivity contribution in [2.75, 3.05) is 6.61 Å². The fourth-order valence-electron chi connectivity index (χ4n) is 6.97. The molecule has 3 aliphatic rings. The van der Waals surface area contributed by atoms with Crippen LogP contribution in [0.15, 0.2) is 30.7 Å². The van der Waals surface area contributed by atoms with Gasteiger partial charge in [0, 0.05) is 12.4 Å². The monoisotopic (exact) mass is 398 g/mol. The summed E-state index contributed by atoms with van der Waals surface area (Å²) in [5.41, 5.74) is 1.71. The number of aromatic nitrogens is 2. The van der Waals surface area contributed by atoms with Crippen molar-refractivity contribution in [2.24, 2.45) is 34.5 Å². The van der Waals surface area contributed by atoms with Gasteiger partial charge in [0.2, 0.25) is 5.88 Å². The lowest BCUT2D eigenvalue weighted by atomic mass is 9.51. The highest BCUT2D eigenvalue weighted by Crippen LogP contribution is 2.61. The SMILES string of the molecule is C=C1CC[C@H]2[C@H](O)[C@@H]([C@@]3(C)CC[C@H](C)C[C@@H]3CCOc3cnccn3)CC[C@]12C. The standard InChI is InChI=1S/C25H38N2O2/c1-17-7-10-25(4,19(15-17)9-14-29-22-16-26-12-13-27-22)21-8-11-24(3)18(2)5-6-20(24)23(21)28/h12-13,16-17,19-21,23,28H,2,5-11,14-15H2,1,3-4H3/t17-,19-,20-,21-,23-,24+,25-/m0/s1. The van der Waals surface area contributed by atoms with Crippen molar-refractivity contribution in [3.05, 3.63) is 30.7 Å². The van der Waals surface area contributed by atoms with Crippen LogP contribution in [0.25, 0.3) is 0 Å². The van der Waals surface area contributed by atoms with Crippen molar-refractivity contribution < 1.29 is 9.84 Å². The minimum atomic E-state index is -0.199.